The standard InChI is InChI=1S/C5H12N2O3.Ac/c1-6-2-3-7-5(9)10-4-8;/h6,8H,2-4H2,1H3,(H,7,9);. The summed E-state index contributed by atoms with van der Waals surface area (Å²) in [4.78, 5) is 10.4. The summed E-state index contributed by atoms with van der Waals surface area (Å²) in [6.45, 7) is 0.598. The fraction of sp³-hybridized carbons (Fsp3) is 0.800. The average Bonchev–Trinajstić information content (AvgIpc) is 1.89. The number of ether oxygens (including phenoxy) is 1. The number of amides is 1. The Morgan fingerprint density at radius 1 is 1.55 bits per heavy atom. The summed E-state index contributed by atoms with van der Waals surface area (Å²) < 4.78 is 4.17. The quantitative estimate of drug-likeness (QED) is 0.430. The molecule has 1 radical (unpaired) electrons. The largest absolute Gasteiger partial charge is 0.423 e. The number of carbonyl (C=O) groups excluding carboxylic acids is 1. The summed E-state index contributed by atoms with van der Waals surface area (Å²) in [6.07, 6.45) is -0.599. The van der Waals surface area contributed by atoms with Crippen molar-refractivity contribution in [2.24, 2.45) is 0 Å². The molecule has 0 aliphatic heterocycles. The van der Waals surface area contributed by atoms with Crippen LogP contribution in [0.1, 0.15) is 0 Å². The van der Waals surface area contributed by atoms with Gasteiger partial charge in [0.15, 0.2) is 6.79 Å². The Morgan fingerprint density at radius 2 is 2.18 bits per heavy atom. The topological polar surface area (TPSA) is 70.6 Å². The summed E-state index contributed by atoms with van der Waals surface area (Å²) in [5, 5.41) is 13.3. The van der Waals surface area contributed by atoms with Gasteiger partial charge in [-0.1, -0.05) is 0 Å². The van der Waals surface area contributed by atoms with Crippen molar-refractivity contribution in [1.82, 2.24) is 10.6 Å². The summed E-state index contributed by atoms with van der Waals surface area (Å²) in [5.41, 5.74) is 0. The number of hydrogen-bond acceptors (Lipinski definition) is 4. The molecule has 0 heterocycles. The maximum atomic E-state index is 10.4. The molecular formula is C5H12AcN2O3. The predicted molar refractivity (Wildman–Crippen MR) is 35.5 cm³/mol. The summed E-state index contributed by atoms with van der Waals surface area (Å²) in [6, 6.07) is 0. The number of aliphatic hydroxyl groups is 1. The van der Waals surface area contributed by atoms with E-state index in [1.807, 2.05) is 0 Å². The Balaban J connectivity index is 0. The van der Waals surface area contributed by atoms with Crippen LogP contribution in [0.4, 0.5) is 4.79 Å². The Bertz CT molecular complexity index is 102. The third-order valence-electron chi connectivity index (χ3n) is 0.840. The average molecular weight is 375 g/mol. The molecule has 11 heavy (non-hydrogen) atoms. The molecule has 0 unspecified atom stereocenters. The Morgan fingerprint density at radius 3 is 2.64 bits per heavy atom. The van der Waals surface area contributed by atoms with Crippen molar-refractivity contribution in [1.29, 1.82) is 0 Å². The van der Waals surface area contributed by atoms with Crippen LogP contribution < -0.4 is 10.6 Å². The zero-order valence-electron chi connectivity index (χ0n) is 6.46. The van der Waals surface area contributed by atoms with Gasteiger partial charge in [-0.05, 0) is 7.05 Å². The monoisotopic (exact) mass is 375 g/mol. The fourth-order valence-electron chi connectivity index (χ4n) is 0.399. The molecule has 0 aliphatic carbocycles. The maximum Gasteiger partial charge on any atom is 0.409 e. The van der Waals surface area contributed by atoms with E-state index >= 15 is 0 Å². The third kappa shape index (κ3) is 10.6. The SMILES string of the molecule is CNCCNC(=O)OCO.[Ac]. The van der Waals surface area contributed by atoms with Gasteiger partial charge in [-0.3, -0.25) is 0 Å². The van der Waals surface area contributed by atoms with Crippen molar-refractivity contribution in [3.8, 4) is 0 Å². The molecule has 0 spiro atoms. The molecule has 6 heteroatoms. The van der Waals surface area contributed by atoms with Gasteiger partial charge in [0.2, 0.25) is 0 Å². The molecule has 0 atom stereocenters. The minimum atomic E-state index is -0.599. The third-order valence-corrected chi connectivity index (χ3v) is 0.840. The Kier molecular flexibility index (Phi) is 13.7. The minimum Gasteiger partial charge on any atom is -0.423 e. The van der Waals surface area contributed by atoms with Crippen molar-refractivity contribution < 1.29 is 58.7 Å². The van der Waals surface area contributed by atoms with Crippen LogP contribution in [0, 0.1) is 44.1 Å². The molecule has 3 N–H and O–H groups in total. The van der Waals surface area contributed by atoms with E-state index < -0.39 is 12.9 Å². The molecule has 0 aromatic heterocycles. The number of nitrogens with one attached hydrogen (secondary N) is 2. The molecule has 0 aromatic carbocycles. The summed E-state index contributed by atoms with van der Waals surface area (Å²) in [7, 11) is 1.78. The zero-order chi connectivity index (χ0) is 7.82. The molecule has 0 fully saturated rings. The van der Waals surface area contributed by atoms with E-state index in [-0.39, 0.29) is 44.1 Å². The second-order valence-electron chi connectivity index (χ2n) is 1.59. The van der Waals surface area contributed by atoms with Crippen LogP contribution in [-0.4, -0.2) is 38.1 Å². The van der Waals surface area contributed by atoms with Gasteiger partial charge in [-0.25, -0.2) is 4.79 Å². The normalized spacial score (nSPS) is 8.18. The Labute approximate surface area is 101 Å². The van der Waals surface area contributed by atoms with E-state index in [1.165, 1.54) is 0 Å². The zero-order valence-corrected chi connectivity index (χ0v) is 11.2. The van der Waals surface area contributed by atoms with Crippen LogP contribution in [0.15, 0.2) is 0 Å². The first kappa shape index (κ1) is 14.2. The van der Waals surface area contributed by atoms with Gasteiger partial charge in [0, 0.05) is 57.2 Å². The van der Waals surface area contributed by atoms with Crippen molar-refractivity contribution in [2.75, 3.05) is 26.9 Å². The van der Waals surface area contributed by atoms with Gasteiger partial charge < -0.3 is 20.5 Å². The number of hydrogen-bond donors (Lipinski definition) is 3. The van der Waals surface area contributed by atoms with Crippen LogP contribution in [0.5, 0.6) is 0 Å². The van der Waals surface area contributed by atoms with E-state index in [0.717, 1.165) is 0 Å². The molecule has 0 saturated carbocycles. The number of carbonyl (C=O) groups is 1. The summed E-state index contributed by atoms with van der Waals surface area (Å²) >= 11 is 0. The first-order chi connectivity index (χ1) is 4.81. The number of alkyl carbamates (subject to hydrolysis) is 1. The van der Waals surface area contributed by atoms with Crippen LogP contribution in [0.2, 0.25) is 0 Å². The van der Waals surface area contributed by atoms with Crippen molar-refractivity contribution in [3.63, 3.8) is 0 Å². The fourth-order valence-corrected chi connectivity index (χ4v) is 0.399. The van der Waals surface area contributed by atoms with E-state index in [1.54, 1.807) is 7.05 Å². The smallest absolute Gasteiger partial charge is 0.409 e. The van der Waals surface area contributed by atoms with Gasteiger partial charge in [0.25, 0.3) is 0 Å². The van der Waals surface area contributed by atoms with E-state index in [4.69, 9.17) is 5.11 Å². The van der Waals surface area contributed by atoms with Crippen molar-refractivity contribution >= 4 is 6.09 Å². The van der Waals surface area contributed by atoms with Gasteiger partial charge >= 0.3 is 6.09 Å². The predicted octanol–water partition coefficient (Wildman–Crippen LogP) is -1.12. The van der Waals surface area contributed by atoms with E-state index in [0.29, 0.717) is 13.1 Å². The van der Waals surface area contributed by atoms with Gasteiger partial charge in [0.05, 0.1) is 0 Å². The number of rotatable bonds is 4. The minimum absolute atomic E-state index is 0. The second-order valence-corrected chi connectivity index (χ2v) is 1.59. The molecule has 0 aliphatic rings. The molecule has 0 rings (SSSR count). The van der Waals surface area contributed by atoms with Gasteiger partial charge in [0.1, 0.15) is 0 Å². The molecule has 0 aromatic rings. The molecular weight excluding hydrogens is 363 g/mol. The van der Waals surface area contributed by atoms with Crippen LogP contribution >= 0.6 is 0 Å². The molecule has 0 saturated heterocycles. The number of likely N-dealkylation sites (N-methyl/N-ethyl adjacent to an activating group) is 1. The van der Waals surface area contributed by atoms with Gasteiger partial charge in [-0.2, -0.15) is 0 Å². The van der Waals surface area contributed by atoms with E-state index in [9.17, 15) is 4.79 Å². The van der Waals surface area contributed by atoms with Gasteiger partial charge in [-0.15, -0.1) is 0 Å². The molecule has 5 nitrogen and oxygen atoms in total. The van der Waals surface area contributed by atoms with Crippen molar-refractivity contribution in [2.45, 2.75) is 0 Å². The maximum absolute atomic E-state index is 10.4. The van der Waals surface area contributed by atoms with Crippen LogP contribution in [0.25, 0.3) is 0 Å². The first-order valence-corrected chi connectivity index (χ1v) is 2.97. The Hall–Kier alpha value is 0.632. The van der Waals surface area contributed by atoms with Crippen LogP contribution in [-0.2, 0) is 4.74 Å². The summed E-state index contributed by atoms with van der Waals surface area (Å²) in [5.74, 6) is 0. The number of aliphatic hydroxyl groups excluding tert-OH is 1. The molecule has 0 bridgehead atoms. The molecule has 63 valence electrons. The van der Waals surface area contributed by atoms with Crippen molar-refractivity contribution in [3.05, 3.63) is 0 Å². The first-order valence-electron chi connectivity index (χ1n) is 2.97. The molecule has 1 amide bonds. The van der Waals surface area contributed by atoms with E-state index in [2.05, 4.69) is 15.4 Å². The second kappa shape index (κ2) is 10.6. The van der Waals surface area contributed by atoms with Crippen LogP contribution in [0.3, 0.4) is 0 Å².